The third-order valence-electron chi connectivity index (χ3n) is 3.32. The zero-order valence-electron chi connectivity index (χ0n) is 9.88. The summed E-state index contributed by atoms with van der Waals surface area (Å²) < 4.78 is 0. The van der Waals surface area contributed by atoms with Gasteiger partial charge >= 0.3 is 5.97 Å². The Kier molecular flexibility index (Phi) is 2.63. The van der Waals surface area contributed by atoms with E-state index in [2.05, 4.69) is 16.9 Å². The van der Waals surface area contributed by atoms with Gasteiger partial charge in [0.15, 0.2) is 0 Å². The molecule has 0 aromatic carbocycles. The Morgan fingerprint density at radius 3 is 3.00 bits per heavy atom. The van der Waals surface area contributed by atoms with Crippen molar-refractivity contribution in [2.24, 2.45) is 0 Å². The number of aromatic carboxylic acids is 1. The molecule has 0 bridgehead atoms. The van der Waals surface area contributed by atoms with Crippen molar-refractivity contribution in [2.75, 3.05) is 0 Å². The second-order valence-corrected chi connectivity index (χ2v) is 5.58. The van der Waals surface area contributed by atoms with Crippen LogP contribution >= 0.6 is 11.3 Å². The molecular formula is C13H12N2O2S. The van der Waals surface area contributed by atoms with E-state index in [1.807, 2.05) is 6.07 Å². The molecule has 1 aliphatic carbocycles. The van der Waals surface area contributed by atoms with Gasteiger partial charge in [0.05, 0.1) is 10.6 Å². The number of fused-ring (bicyclic) bond motifs is 1. The molecule has 0 fully saturated rings. The van der Waals surface area contributed by atoms with Gasteiger partial charge in [0.1, 0.15) is 11.2 Å². The maximum absolute atomic E-state index is 10.9. The van der Waals surface area contributed by atoms with Crippen LogP contribution in [-0.4, -0.2) is 21.0 Å². The molecule has 0 spiro atoms. The van der Waals surface area contributed by atoms with E-state index < -0.39 is 5.97 Å². The lowest BCUT2D eigenvalue weighted by molar-refractivity contribution is 0.0702. The van der Waals surface area contributed by atoms with Gasteiger partial charge in [-0.3, -0.25) is 0 Å². The van der Waals surface area contributed by atoms with Gasteiger partial charge in [0.25, 0.3) is 0 Å². The van der Waals surface area contributed by atoms with Crippen molar-refractivity contribution >= 4 is 17.3 Å². The summed E-state index contributed by atoms with van der Waals surface area (Å²) in [6.45, 7) is 2.17. The van der Waals surface area contributed by atoms with E-state index in [-0.39, 0.29) is 0 Å². The molecule has 1 unspecified atom stereocenters. The molecule has 1 N–H and O–H groups in total. The summed E-state index contributed by atoms with van der Waals surface area (Å²) in [4.78, 5) is 20.9. The summed E-state index contributed by atoms with van der Waals surface area (Å²) in [5.74, 6) is -0.434. The van der Waals surface area contributed by atoms with Crippen LogP contribution < -0.4 is 0 Å². The normalized spacial score (nSPS) is 17.7. The topological polar surface area (TPSA) is 63.1 Å². The molecule has 0 saturated heterocycles. The summed E-state index contributed by atoms with van der Waals surface area (Å²) >= 11 is 1.27. The van der Waals surface area contributed by atoms with Crippen molar-refractivity contribution in [1.29, 1.82) is 0 Å². The lowest BCUT2D eigenvalue weighted by atomic mass is 10.0. The number of rotatable bonds is 2. The second-order valence-electron chi connectivity index (χ2n) is 4.49. The standard InChI is InChI=1S/C13H12N2O2S/c1-7-2-3-8-11(7)12(15-6-14-8)9-4-5-10(18-9)13(16)17/h4-7H,2-3H2,1H3,(H,16,17). The largest absolute Gasteiger partial charge is 0.477 e. The van der Waals surface area contributed by atoms with Crippen molar-refractivity contribution in [3.05, 3.63) is 34.6 Å². The quantitative estimate of drug-likeness (QED) is 0.901. The summed E-state index contributed by atoms with van der Waals surface area (Å²) in [5.41, 5.74) is 3.21. The van der Waals surface area contributed by atoms with E-state index in [4.69, 9.17) is 5.11 Å². The smallest absolute Gasteiger partial charge is 0.345 e. The Morgan fingerprint density at radius 2 is 2.28 bits per heavy atom. The van der Waals surface area contributed by atoms with Gasteiger partial charge in [-0.15, -0.1) is 11.3 Å². The maximum atomic E-state index is 10.9. The van der Waals surface area contributed by atoms with Crippen molar-refractivity contribution in [3.63, 3.8) is 0 Å². The van der Waals surface area contributed by atoms with Crippen LogP contribution in [0.1, 0.15) is 40.2 Å². The summed E-state index contributed by atoms with van der Waals surface area (Å²) in [5, 5.41) is 8.97. The fourth-order valence-electron chi connectivity index (χ4n) is 2.42. The van der Waals surface area contributed by atoms with Gasteiger partial charge in [0, 0.05) is 11.3 Å². The van der Waals surface area contributed by atoms with Crippen LogP contribution in [0.5, 0.6) is 0 Å². The molecule has 2 heterocycles. The van der Waals surface area contributed by atoms with Crippen LogP contribution in [0.25, 0.3) is 10.6 Å². The minimum absolute atomic E-state index is 0.350. The molecule has 5 heteroatoms. The molecule has 18 heavy (non-hydrogen) atoms. The number of aromatic nitrogens is 2. The average Bonchev–Trinajstić information content (AvgIpc) is 2.96. The van der Waals surface area contributed by atoms with Crippen LogP contribution in [0, 0.1) is 0 Å². The van der Waals surface area contributed by atoms with Gasteiger partial charge in [-0.25, -0.2) is 14.8 Å². The Bertz CT molecular complexity index is 621. The molecular weight excluding hydrogens is 248 g/mol. The summed E-state index contributed by atoms with van der Waals surface area (Å²) in [6.07, 6.45) is 3.66. The molecule has 0 saturated carbocycles. The van der Waals surface area contributed by atoms with Crippen LogP contribution in [0.15, 0.2) is 18.5 Å². The van der Waals surface area contributed by atoms with Gasteiger partial charge in [-0.2, -0.15) is 0 Å². The zero-order chi connectivity index (χ0) is 12.7. The Balaban J connectivity index is 2.12. The molecule has 1 aliphatic rings. The molecule has 0 aliphatic heterocycles. The Labute approximate surface area is 108 Å². The van der Waals surface area contributed by atoms with Crippen molar-refractivity contribution < 1.29 is 9.90 Å². The fourth-order valence-corrected chi connectivity index (χ4v) is 3.28. The first-order valence-electron chi connectivity index (χ1n) is 5.84. The number of carboxylic acid groups (broad SMARTS) is 1. The number of carboxylic acids is 1. The first-order chi connectivity index (χ1) is 8.66. The molecule has 0 radical (unpaired) electrons. The van der Waals surface area contributed by atoms with E-state index >= 15 is 0 Å². The predicted molar refractivity (Wildman–Crippen MR) is 69.0 cm³/mol. The van der Waals surface area contributed by atoms with Gasteiger partial charge in [-0.1, -0.05) is 6.92 Å². The summed E-state index contributed by atoms with van der Waals surface area (Å²) in [6, 6.07) is 3.47. The highest BCUT2D eigenvalue weighted by Gasteiger charge is 2.25. The Hall–Kier alpha value is -1.75. The van der Waals surface area contributed by atoms with Crippen molar-refractivity contribution in [3.8, 4) is 10.6 Å². The monoisotopic (exact) mass is 260 g/mol. The van der Waals surface area contributed by atoms with Gasteiger partial charge < -0.3 is 5.11 Å². The second kappa shape index (κ2) is 4.17. The molecule has 4 nitrogen and oxygen atoms in total. The maximum Gasteiger partial charge on any atom is 0.345 e. The van der Waals surface area contributed by atoms with E-state index in [1.54, 1.807) is 12.4 Å². The molecule has 0 amide bonds. The molecule has 3 rings (SSSR count). The predicted octanol–water partition coefficient (Wildman–Crippen LogP) is 2.95. The minimum Gasteiger partial charge on any atom is -0.477 e. The first kappa shape index (κ1) is 11.3. The SMILES string of the molecule is CC1CCc2ncnc(-c3ccc(C(=O)O)s3)c21. The van der Waals surface area contributed by atoms with Crippen LogP contribution in [0.4, 0.5) is 0 Å². The number of hydrogen-bond acceptors (Lipinski definition) is 4. The van der Waals surface area contributed by atoms with Crippen molar-refractivity contribution in [2.45, 2.75) is 25.7 Å². The Morgan fingerprint density at radius 1 is 1.44 bits per heavy atom. The van der Waals surface area contributed by atoms with Gasteiger partial charge in [0.2, 0.25) is 0 Å². The van der Waals surface area contributed by atoms with Crippen LogP contribution in [-0.2, 0) is 6.42 Å². The highest BCUT2D eigenvalue weighted by molar-refractivity contribution is 7.17. The van der Waals surface area contributed by atoms with E-state index in [1.165, 1.54) is 16.9 Å². The average molecular weight is 260 g/mol. The van der Waals surface area contributed by atoms with Crippen LogP contribution in [0.3, 0.4) is 0 Å². The highest BCUT2D eigenvalue weighted by atomic mass is 32.1. The number of carbonyl (C=O) groups is 1. The zero-order valence-corrected chi connectivity index (χ0v) is 10.7. The molecule has 1 atom stereocenters. The number of aryl methyl sites for hydroxylation is 1. The third-order valence-corrected chi connectivity index (χ3v) is 4.40. The van der Waals surface area contributed by atoms with E-state index in [0.717, 1.165) is 29.1 Å². The van der Waals surface area contributed by atoms with Gasteiger partial charge in [-0.05, 0) is 30.9 Å². The molecule has 92 valence electrons. The molecule has 2 aromatic rings. The molecule has 2 aromatic heterocycles. The third kappa shape index (κ3) is 1.71. The lowest BCUT2D eigenvalue weighted by Gasteiger charge is -2.08. The number of nitrogens with zero attached hydrogens (tertiary/aromatic N) is 2. The summed E-state index contributed by atoms with van der Waals surface area (Å²) in [7, 11) is 0. The fraction of sp³-hybridized carbons (Fsp3) is 0.308. The van der Waals surface area contributed by atoms with Crippen LogP contribution in [0.2, 0.25) is 0 Å². The highest BCUT2D eigenvalue weighted by Crippen LogP contribution is 2.39. The minimum atomic E-state index is -0.884. The van der Waals surface area contributed by atoms with E-state index in [9.17, 15) is 4.79 Å². The first-order valence-corrected chi connectivity index (χ1v) is 6.65. The van der Waals surface area contributed by atoms with Crippen molar-refractivity contribution in [1.82, 2.24) is 9.97 Å². The lowest BCUT2D eigenvalue weighted by Crippen LogP contribution is -1.96. The number of thiophene rings is 1. The number of hydrogen-bond donors (Lipinski definition) is 1. The van der Waals surface area contributed by atoms with E-state index in [0.29, 0.717) is 10.8 Å².